The minimum Gasteiger partial charge on any atom is -0.508 e. The van der Waals surface area contributed by atoms with Crippen molar-refractivity contribution in [3.8, 4) is 17.1 Å². The molecule has 4 heterocycles. The molecule has 0 aliphatic carbocycles. The van der Waals surface area contributed by atoms with Crippen molar-refractivity contribution in [3.05, 3.63) is 143 Å². The van der Waals surface area contributed by atoms with Gasteiger partial charge in [0.25, 0.3) is 0 Å². The highest BCUT2D eigenvalue weighted by Crippen LogP contribution is 2.41. The molecule has 0 bridgehead atoms. The average molecular weight is 557 g/mol. The Labute approximate surface area is 229 Å². The summed E-state index contributed by atoms with van der Waals surface area (Å²) in [5, 5.41) is 10.2. The Balaban J connectivity index is 1.51. The van der Waals surface area contributed by atoms with Crippen molar-refractivity contribution in [1.82, 2.24) is 27.9 Å². The Morgan fingerprint density at radius 3 is 1.88 bits per heavy atom. The van der Waals surface area contributed by atoms with E-state index in [0.717, 1.165) is 9.13 Å². The predicted molar refractivity (Wildman–Crippen MR) is 147 cm³/mol. The summed E-state index contributed by atoms with van der Waals surface area (Å²) >= 11 is 6.59. The fraction of sp³-hybridized carbons (Fsp3) is 0.143. The molecule has 2 aliphatic rings. The van der Waals surface area contributed by atoms with E-state index in [1.807, 2.05) is 0 Å². The van der Waals surface area contributed by atoms with Crippen LogP contribution in [0.25, 0.3) is 11.4 Å². The molecule has 2 atom stereocenters. The summed E-state index contributed by atoms with van der Waals surface area (Å²) in [6, 6.07) is 19.9. The van der Waals surface area contributed by atoms with Crippen LogP contribution in [0, 0.1) is 0 Å². The van der Waals surface area contributed by atoms with Gasteiger partial charge in [-0.05, 0) is 47.5 Å². The molecular weight excluding hydrogens is 536 g/mol. The van der Waals surface area contributed by atoms with Gasteiger partial charge in [0.05, 0.1) is 30.5 Å². The third-order valence-corrected chi connectivity index (χ3v) is 7.84. The van der Waals surface area contributed by atoms with Gasteiger partial charge in [0, 0.05) is 5.02 Å². The predicted octanol–water partition coefficient (Wildman–Crippen LogP) is 2.06. The molecular formula is C28H21ClN6O5. The molecule has 0 spiro atoms. The normalized spacial score (nSPS) is 17.6. The summed E-state index contributed by atoms with van der Waals surface area (Å²) in [6.07, 6.45) is 1.80. The van der Waals surface area contributed by atoms with E-state index in [-0.39, 0.29) is 23.9 Å². The molecule has 0 saturated carbocycles. The topological polar surface area (TPSA) is 118 Å². The Kier molecular flexibility index (Phi) is 5.26. The quantitative estimate of drug-likeness (QED) is 0.341. The van der Waals surface area contributed by atoms with Gasteiger partial charge in [-0.25, -0.2) is 47.0 Å². The zero-order valence-corrected chi connectivity index (χ0v) is 21.5. The lowest BCUT2D eigenvalue weighted by molar-refractivity contribution is 0.246. The number of fused-ring (bicyclic) bond motifs is 4. The summed E-state index contributed by atoms with van der Waals surface area (Å²) < 4.78 is 7.49. The number of aromatic hydroxyl groups is 1. The summed E-state index contributed by atoms with van der Waals surface area (Å²) in [4.78, 5) is 54.9. The van der Waals surface area contributed by atoms with Crippen LogP contribution in [-0.2, 0) is 13.1 Å². The van der Waals surface area contributed by atoms with Crippen LogP contribution in [0.5, 0.6) is 5.75 Å². The molecule has 200 valence electrons. The summed E-state index contributed by atoms with van der Waals surface area (Å²) in [5.41, 5.74) is -0.339. The highest BCUT2D eigenvalue weighted by atomic mass is 35.5. The van der Waals surface area contributed by atoms with Crippen LogP contribution < -0.4 is 22.8 Å². The fourth-order valence-corrected chi connectivity index (χ4v) is 6.05. The molecule has 7 rings (SSSR count). The average Bonchev–Trinajstić information content (AvgIpc) is 3.37. The highest BCUT2D eigenvalue weighted by Gasteiger charge is 2.42. The van der Waals surface area contributed by atoms with E-state index >= 15 is 0 Å². The number of phenols is 1. The van der Waals surface area contributed by atoms with Crippen LogP contribution in [0.3, 0.4) is 0 Å². The van der Waals surface area contributed by atoms with E-state index in [1.165, 1.54) is 30.9 Å². The number of benzene rings is 3. The number of rotatable bonds is 3. The lowest BCUT2D eigenvalue weighted by Crippen LogP contribution is -2.47. The summed E-state index contributed by atoms with van der Waals surface area (Å²) in [5.74, 6) is -0.0599. The first-order chi connectivity index (χ1) is 19.4. The first-order valence-corrected chi connectivity index (χ1v) is 12.9. The van der Waals surface area contributed by atoms with Gasteiger partial charge in [-0.3, -0.25) is 0 Å². The third-order valence-electron chi connectivity index (χ3n) is 7.51. The molecule has 11 nitrogen and oxygen atoms in total. The van der Waals surface area contributed by atoms with Crippen LogP contribution in [0.4, 0.5) is 0 Å². The zero-order valence-electron chi connectivity index (χ0n) is 20.8. The molecule has 2 aromatic heterocycles. The first kappa shape index (κ1) is 24.0. The number of hydrogen-bond donors (Lipinski definition) is 1. The van der Waals surface area contributed by atoms with E-state index in [1.54, 1.807) is 72.8 Å². The Morgan fingerprint density at radius 2 is 1.27 bits per heavy atom. The number of phenolic OH excluding ortho intramolecular Hbond substituents is 1. The summed E-state index contributed by atoms with van der Waals surface area (Å²) in [7, 11) is 0. The molecule has 0 amide bonds. The van der Waals surface area contributed by atoms with Crippen molar-refractivity contribution >= 4 is 11.6 Å². The van der Waals surface area contributed by atoms with Crippen molar-refractivity contribution in [3.63, 3.8) is 0 Å². The Hall–Kier alpha value is -5.03. The molecule has 12 heteroatoms. The van der Waals surface area contributed by atoms with Gasteiger partial charge >= 0.3 is 22.8 Å². The number of halogens is 1. The van der Waals surface area contributed by atoms with Crippen molar-refractivity contribution in [2.75, 3.05) is 0 Å². The highest BCUT2D eigenvalue weighted by molar-refractivity contribution is 6.31. The van der Waals surface area contributed by atoms with Gasteiger partial charge in [0.15, 0.2) is 0 Å². The van der Waals surface area contributed by atoms with E-state index in [9.17, 15) is 24.3 Å². The van der Waals surface area contributed by atoms with Crippen molar-refractivity contribution in [1.29, 1.82) is 0 Å². The van der Waals surface area contributed by atoms with Crippen LogP contribution in [0.15, 0.2) is 110 Å². The molecule has 1 N–H and O–H groups in total. The molecule has 0 fully saturated rings. The van der Waals surface area contributed by atoms with Gasteiger partial charge in [-0.2, -0.15) is 0 Å². The maximum Gasteiger partial charge on any atom is 0.352 e. The lowest BCUT2D eigenvalue weighted by Gasteiger charge is -2.37. The van der Waals surface area contributed by atoms with Crippen molar-refractivity contribution in [2.45, 2.75) is 25.2 Å². The molecule has 0 radical (unpaired) electrons. The third kappa shape index (κ3) is 3.31. The van der Waals surface area contributed by atoms with Gasteiger partial charge in [-0.15, -0.1) is 0 Å². The second kappa shape index (κ2) is 8.75. The van der Waals surface area contributed by atoms with E-state index in [0.29, 0.717) is 22.5 Å². The van der Waals surface area contributed by atoms with Gasteiger partial charge in [-0.1, -0.05) is 60.1 Å². The molecule has 2 aliphatic heterocycles. The second-order valence-corrected chi connectivity index (χ2v) is 10.1. The molecule has 40 heavy (non-hydrogen) atoms. The zero-order chi connectivity index (χ0) is 27.7. The maximum absolute atomic E-state index is 13.9. The number of hydrogen-bond acceptors (Lipinski definition) is 5. The second-order valence-electron chi connectivity index (χ2n) is 9.65. The SMILES string of the molecule is O=c1n(-c2ccccc2)c(=O)n2n1CC=C1C2Cn2c(=O)n(-c3ccccc3)c(=O)n2C1c1ccc(O)cc1Cl. The van der Waals surface area contributed by atoms with Crippen molar-refractivity contribution in [2.24, 2.45) is 0 Å². The van der Waals surface area contributed by atoms with Gasteiger partial charge < -0.3 is 5.11 Å². The smallest absolute Gasteiger partial charge is 0.352 e. The maximum atomic E-state index is 13.9. The van der Waals surface area contributed by atoms with Gasteiger partial charge in [0.1, 0.15) is 11.8 Å². The van der Waals surface area contributed by atoms with E-state index in [4.69, 9.17) is 11.6 Å². The standard InChI is InChI=1S/C28H21ClN6O5/c29-22-15-19(36)11-12-20(22)24-21-13-14-30-25(37)32(17-7-3-1-4-8-17)27(39)34(30)23(21)16-31-26(38)33(28(40)35(24)31)18-9-5-2-6-10-18/h1-13,15,23-24,36H,14,16H2. The number of allylic oxidation sites excluding steroid dienone is 2. The lowest BCUT2D eigenvalue weighted by atomic mass is 9.90. The number of nitrogens with zero attached hydrogens (tertiary/aromatic N) is 6. The van der Waals surface area contributed by atoms with Crippen molar-refractivity contribution < 1.29 is 5.11 Å². The van der Waals surface area contributed by atoms with E-state index < -0.39 is 34.8 Å². The molecule has 2 unspecified atom stereocenters. The largest absolute Gasteiger partial charge is 0.508 e. The first-order valence-electron chi connectivity index (χ1n) is 12.5. The van der Waals surface area contributed by atoms with Crippen LogP contribution in [-0.4, -0.2) is 33.0 Å². The number of aromatic nitrogens is 6. The van der Waals surface area contributed by atoms with Gasteiger partial charge in [0.2, 0.25) is 0 Å². The minimum atomic E-state index is -0.882. The molecule has 3 aromatic carbocycles. The Bertz CT molecular complexity index is 2080. The molecule has 0 saturated heterocycles. The van der Waals surface area contributed by atoms with Crippen LogP contribution in [0.2, 0.25) is 5.02 Å². The summed E-state index contributed by atoms with van der Waals surface area (Å²) in [6.45, 7) is 0.00835. The monoisotopic (exact) mass is 556 g/mol. The van der Waals surface area contributed by atoms with Crippen LogP contribution in [0.1, 0.15) is 17.6 Å². The fourth-order valence-electron chi connectivity index (χ4n) is 5.77. The van der Waals surface area contributed by atoms with Crippen LogP contribution >= 0.6 is 11.6 Å². The number of para-hydroxylation sites is 2. The van der Waals surface area contributed by atoms with E-state index in [2.05, 4.69) is 0 Å². The Morgan fingerprint density at radius 1 is 0.700 bits per heavy atom. The molecule has 5 aromatic rings. The minimum absolute atomic E-state index is 0.0599.